The molecule has 0 saturated heterocycles. The molecule has 10 rings (SSSR count). The van der Waals surface area contributed by atoms with Crippen LogP contribution in [0, 0.1) is 39.0 Å². The molecule has 0 amide bonds. The zero-order valence-electron chi connectivity index (χ0n) is 50.8. The van der Waals surface area contributed by atoms with Crippen molar-refractivity contribution < 1.29 is 27.0 Å². The molecule has 1 N–H and O–H groups in total. The summed E-state index contributed by atoms with van der Waals surface area (Å²) in [6.45, 7) is 14.0. The minimum absolute atomic E-state index is 0.133. The summed E-state index contributed by atoms with van der Waals surface area (Å²) in [5, 5.41) is 12.7. The summed E-state index contributed by atoms with van der Waals surface area (Å²) in [5.41, 5.74) is 20.0. The molecule has 8 aromatic rings. The quantitative estimate of drug-likeness (QED) is 0.0381. The topological polar surface area (TPSA) is 106 Å². The Kier molecular flexibility index (Phi) is 20.3. The molecule has 1 aromatic heterocycles. The number of hydrogen-bond acceptors (Lipinski definition) is 9. The highest BCUT2D eigenvalue weighted by Crippen LogP contribution is 2.53. The lowest BCUT2D eigenvalue weighted by Gasteiger charge is -2.36. The molecule has 2 aliphatic rings. The van der Waals surface area contributed by atoms with Gasteiger partial charge in [0.15, 0.2) is 6.54 Å². The van der Waals surface area contributed by atoms with Gasteiger partial charge in [0.1, 0.15) is 22.6 Å². The van der Waals surface area contributed by atoms with E-state index in [1.54, 1.807) is 37.3 Å². The Bertz CT molecular complexity index is 3990. The van der Waals surface area contributed by atoms with E-state index >= 15 is 0 Å². The molecule has 9 nitrogen and oxygen atoms in total. The number of anilines is 4. The third kappa shape index (κ3) is 14.5. The maximum absolute atomic E-state index is 11.9. The first-order valence-electron chi connectivity index (χ1n) is 30.0. The van der Waals surface area contributed by atoms with Gasteiger partial charge in [-0.2, -0.15) is 30.0 Å². The van der Waals surface area contributed by atoms with E-state index in [-0.39, 0.29) is 11.8 Å². The molecule has 0 atom stereocenters. The van der Waals surface area contributed by atoms with Crippen molar-refractivity contribution in [2.24, 2.45) is 0 Å². The van der Waals surface area contributed by atoms with Crippen LogP contribution in [-0.4, -0.2) is 60.8 Å². The molecule has 2 aliphatic carbocycles. The van der Waals surface area contributed by atoms with Crippen LogP contribution in [0.15, 0.2) is 194 Å². The minimum atomic E-state index is -3.95. The average Bonchev–Trinajstić information content (AvgIpc) is 2.01. The Hall–Kier alpha value is -8.18. The monoisotopic (exact) mass is 1210 g/mol. The van der Waals surface area contributed by atoms with Crippen LogP contribution in [0.5, 0.6) is 11.5 Å². The predicted octanol–water partition coefficient (Wildman–Crippen LogP) is 18.5. The number of nitriles is 1. The number of aryl methyl sites for hydroxylation is 5. The molecule has 0 spiro atoms. The van der Waals surface area contributed by atoms with E-state index < -0.39 is 10.1 Å². The first-order valence-corrected chi connectivity index (χ1v) is 33.6. The van der Waals surface area contributed by atoms with E-state index in [0.29, 0.717) is 36.6 Å². The zero-order valence-corrected chi connectivity index (χ0v) is 53.2. The maximum Gasteiger partial charge on any atom is 0.264 e. The van der Waals surface area contributed by atoms with Crippen molar-refractivity contribution >= 4 is 78.3 Å². The third-order valence-corrected chi connectivity index (χ3v) is 19.7. The van der Waals surface area contributed by atoms with E-state index in [2.05, 4.69) is 206 Å². The smallest absolute Gasteiger partial charge is 0.264 e. The van der Waals surface area contributed by atoms with Gasteiger partial charge in [0.05, 0.1) is 31.2 Å². The highest BCUT2D eigenvalue weighted by Gasteiger charge is 2.34. The van der Waals surface area contributed by atoms with Crippen LogP contribution in [0.1, 0.15) is 99.0 Å². The lowest BCUT2D eigenvalue weighted by molar-refractivity contribution is -0.457. The predicted molar refractivity (Wildman–Crippen MR) is 365 cm³/mol. The van der Waals surface area contributed by atoms with Crippen LogP contribution >= 0.6 is 23.1 Å². The Morgan fingerprint density at radius 3 is 1.97 bits per heavy atom. The lowest BCUT2D eigenvalue weighted by Crippen LogP contribution is -2.33. The summed E-state index contributed by atoms with van der Waals surface area (Å²) in [7, 11) is -0.513. The van der Waals surface area contributed by atoms with Crippen LogP contribution in [0.2, 0.25) is 0 Å². The summed E-state index contributed by atoms with van der Waals surface area (Å²) in [6.07, 6.45) is 17.5. The van der Waals surface area contributed by atoms with Gasteiger partial charge in [-0.05, 0) is 146 Å². The normalized spacial score (nSPS) is 13.3. The summed E-state index contributed by atoms with van der Waals surface area (Å²) in [4.78, 5) is 5.80. The van der Waals surface area contributed by atoms with Crippen LogP contribution in [-0.2, 0) is 29.6 Å². The van der Waals surface area contributed by atoms with Gasteiger partial charge in [-0.3, -0.25) is 4.55 Å². The molecule has 0 bridgehead atoms. The van der Waals surface area contributed by atoms with Crippen molar-refractivity contribution in [3.05, 3.63) is 255 Å². The lowest BCUT2D eigenvalue weighted by atomic mass is 9.89. The SMILES string of the molecule is C=Cc1ccc(CN(c2ccc(C(=C3C=CC(=[N+](Cc4ccc(CCSCCCS(=O)(=O)O)cc4)c4c(C)cccc4C)C=C3)c3sc(N(c4ccccc4OC)C4CCCCC4)c(C#N)c3-c3ccccc3OC)cc2)c2c(C)cccc2C)cc1. The number of methoxy groups -OCH3 is 2. The minimum Gasteiger partial charge on any atom is -0.496 e. The first-order chi connectivity index (χ1) is 42.3. The molecule has 0 radical (unpaired) electrons. The molecule has 0 unspecified atom stereocenters. The third-order valence-electron chi connectivity index (χ3n) is 16.6. The largest absolute Gasteiger partial charge is 0.496 e. The number of ether oxygens (including phenoxy) is 2. The molecular weight excluding hydrogens is 1130 g/mol. The summed E-state index contributed by atoms with van der Waals surface area (Å²) in [5.74, 6) is 2.76. The zero-order chi connectivity index (χ0) is 61.0. The van der Waals surface area contributed by atoms with Gasteiger partial charge in [-0.1, -0.05) is 159 Å². The van der Waals surface area contributed by atoms with Gasteiger partial charge in [0.2, 0.25) is 11.4 Å². The molecule has 12 heteroatoms. The first kappa shape index (κ1) is 61.9. The van der Waals surface area contributed by atoms with E-state index in [4.69, 9.17) is 14.0 Å². The van der Waals surface area contributed by atoms with Crippen LogP contribution < -0.4 is 19.3 Å². The summed E-state index contributed by atoms with van der Waals surface area (Å²) >= 11 is 3.37. The summed E-state index contributed by atoms with van der Waals surface area (Å²) in [6, 6.07) is 58.7. The molecule has 87 heavy (non-hydrogen) atoms. The van der Waals surface area contributed by atoms with E-state index in [0.717, 1.165) is 115 Å². The number of para-hydroxylation sites is 5. The van der Waals surface area contributed by atoms with Gasteiger partial charge in [-0.25, -0.2) is 0 Å². The van der Waals surface area contributed by atoms with Crippen molar-refractivity contribution in [1.29, 1.82) is 5.26 Å². The van der Waals surface area contributed by atoms with Crippen LogP contribution in [0.4, 0.5) is 27.8 Å². The average molecular weight is 1210 g/mol. The fourth-order valence-electron chi connectivity index (χ4n) is 12.3. The molecule has 1 saturated carbocycles. The van der Waals surface area contributed by atoms with Crippen LogP contribution in [0.3, 0.4) is 0 Å². The van der Waals surface area contributed by atoms with Crippen molar-refractivity contribution in [3.8, 4) is 28.7 Å². The van der Waals surface area contributed by atoms with Crippen molar-refractivity contribution in [1.82, 2.24) is 0 Å². The van der Waals surface area contributed by atoms with Crippen molar-refractivity contribution in [2.45, 2.75) is 91.8 Å². The molecule has 444 valence electrons. The van der Waals surface area contributed by atoms with E-state index in [1.165, 1.54) is 45.5 Å². The number of benzene rings is 7. The van der Waals surface area contributed by atoms with Crippen LogP contribution in [0.25, 0.3) is 22.8 Å². The Labute approximate surface area is 523 Å². The van der Waals surface area contributed by atoms with Gasteiger partial charge < -0.3 is 19.3 Å². The number of rotatable bonds is 23. The molecule has 1 heterocycles. The fourth-order valence-corrected chi connectivity index (χ4v) is 15.4. The second-order valence-corrected chi connectivity index (χ2v) is 26.3. The Morgan fingerprint density at radius 1 is 0.724 bits per heavy atom. The number of allylic oxidation sites excluding steroid dienone is 5. The summed E-state index contributed by atoms with van der Waals surface area (Å²) < 4.78 is 46.4. The highest BCUT2D eigenvalue weighted by molar-refractivity contribution is 7.99. The standard InChI is InChI=1S/C75H76N4O5S3/c1-8-56-29-33-58(34-30-56)50-77(72-52(2)19-16-20-53(72)3)62-41-37-60(38-42-62)70(74-71(65-25-12-14-27-68(65)83-6)66(49-76)75(86-74)79(64-23-10-9-11-24-64)67-26-13-15-28-69(67)84-7)61-39-43-63(44-40-61)78(73-54(4)21-17-22-55(73)5)51-59-35-31-57(32-36-59)45-47-85-46-18-48-87(80,81)82/h8,12-17,19-22,25-44,64H,1,9-11,18,23-24,45-48,50-51H2,2-7H3/p+1. The van der Waals surface area contributed by atoms with Gasteiger partial charge in [0.25, 0.3) is 10.1 Å². The second-order valence-electron chi connectivity index (χ2n) is 22.5. The van der Waals surface area contributed by atoms with Crippen molar-refractivity contribution in [3.63, 3.8) is 0 Å². The number of thioether (sulfide) groups is 1. The van der Waals surface area contributed by atoms with Gasteiger partial charge in [-0.15, -0.1) is 11.3 Å². The molecule has 7 aromatic carbocycles. The molecular formula is C75H77N4O5S3+. The highest BCUT2D eigenvalue weighted by atomic mass is 32.2. The molecule has 0 aliphatic heterocycles. The Morgan fingerprint density at radius 2 is 1.33 bits per heavy atom. The van der Waals surface area contributed by atoms with Gasteiger partial charge in [0, 0.05) is 74.4 Å². The van der Waals surface area contributed by atoms with E-state index in [9.17, 15) is 13.7 Å². The fraction of sp³-hybridized carbons (Fsp3) is 0.253. The van der Waals surface area contributed by atoms with Crippen molar-refractivity contribution in [2.75, 3.05) is 41.3 Å². The number of nitrogens with zero attached hydrogens (tertiary/aromatic N) is 4. The Balaban J connectivity index is 1.16. The maximum atomic E-state index is 11.9. The molecule has 1 fully saturated rings. The number of thiophene rings is 1. The second kappa shape index (κ2) is 28.6. The van der Waals surface area contributed by atoms with E-state index in [1.807, 2.05) is 36.4 Å². The number of hydrogen-bond donors (Lipinski definition) is 1. The van der Waals surface area contributed by atoms with Gasteiger partial charge >= 0.3 is 0 Å².